The van der Waals surface area contributed by atoms with Crippen LogP contribution in [-0.2, 0) is 6.54 Å². The Morgan fingerprint density at radius 2 is 1.94 bits per heavy atom. The summed E-state index contributed by atoms with van der Waals surface area (Å²) < 4.78 is 11.1. The van der Waals surface area contributed by atoms with Crippen LogP contribution in [0.5, 0.6) is 11.5 Å². The summed E-state index contributed by atoms with van der Waals surface area (Å²) >= 11 is 0. The van der Waals surface area contributed by atoms with E-state index in [2.05, 4.69) is 31.3 Å². The van der Waals surface area contributed by atoms with Crippen molar-refractivity contribution in [2.24, 2.45) is 0 Å². The average molecular weight is 251 g/mol. The number of unbranched alkanes of at least 4 members (excludes halogenated alkanes) is 2. The Labute approximate surface area is 110 Å². The van der Waals surface area contributed by atoms with Gasteiger partial charge in [-0.1, -0.05) is 32.8 Å². The van der Waals surface area contributed by atoms with Crippen molar-refractivity contribution >= 4 is 0 Å². The van der Waals surface area contributed by atoms with E-state index in [1.54, 1.807) is 7.11 Å². The Hall–Kier alpha value is -1.22. The van der Waals surface area contributed by atoms with E-state index in [0.29, 0.717) is 0 Å². The molecule has 0 saturated heterocycles. The first-order valence-electron chi connectivity index (χ1n) is 6.82. The third-order valence-corrected chi connectivity index (χ3v) is 2.81. The number of nitrogens with one attached hydrogen (secondary N) is 1. The molecule has 0 spiro atoms. The maximum Gasteiger partial charge on any atom is 0.161 e. The molecule has 1 aromatic carbocycles. The van der Waals surface area contributed by atoms with E-state index in [0.717, 1.165) is 37.6 Å². The van der Waals surface area contributed by atoms with Crippen molar-refractivity contribution in [3.8, 4) is 11.5 Å². The molecule has 3 nitrogen and oxygen atoms in total. The second-order valence-electron chi connectivity index (χ2n) is 4.32. The van der Waals surface area contributed by atoms with E-state index in [1.807, 2.05) is 6.07 Å². The molecule has 0 saturated carbocycles. The molecule has 0 aromatic heterocycles. The van der Waals surface area contributed by atoms with Crippen molar-refractivity contribution < 1.29 is 9.47 Å². The molecule has 0 aliphatic rings. The number of benzene rings is 1. The van der Waals surface area contributed by atoms with Gasteiger partial charge in [-0.3, -0.25) is 0 Å². The minimum Gasteiger partial charge on any atom is -0.493 e. The second kappa shape index (κ2) is 8.81. The van der Waals surface area contributed by atoms with Crippen LogP contribution in [0.15, 0.2) is 18.2 Å². The average Bonchev–Trinajstić information content (AvgIpc) is 2.41. The third-order valence-electron chi connectivity index (χ3n) is 2.81. The van der Waals surface area contributed by atoms with Crippen LogP contribution in [0, 0.1) is 0 Å². The molecule has 0 fully saturated rings. The predicted octanol–water partition coefficient (Wildman–Crippen LogP) is 3.37. The number of ether oxygens (including phenoxy) is 2. The summed E-state index contributed by atoms with van der Waals surface area (Å²) in [6.45, 7) is 6.89. The van der Waals surface area contributed by atoms with Crippen molar-refractivity contribution in [2.45, 2.75) is 39.7 Å². The van der Waals surface area contributed by atoms with Gasteiger partial charge in [0.15, 0.2) is 11.5 Å². The van der Waals surface area contributed by atoms with E-state index < -0.39 is 0 Å². The van der Waals surface area contributed by atoms with E-state index in [-0.39, 0.29) is 0 Å². The highest BCUT2D eigenvalue weighted by atomic mass is 16.5. The summed E-state index contributed by atoms with van der Waals surface area (Å²) in [7, 11) is 1.68. The molecule has 1 aromatic rings. The molecule has 1 N–H and O–H groups in total. The van der Waals surface area contributed by atoms with Crippen LogP contribution < -0.4 is 14.8 Å². The number of rotatable bonds is 9. The molecule has 1 rings (SSSR count). The fourth-order valence-electron chi connectivity index (χ4n) is 1.75. The van der Waals surface area contributed by atoms with Crippen LogP contribution >= 0.6 is 0 Å². The summed E-state index contributed by atoms with van der Waals surface area (Å²) in [5.74, 6) is 1.66. The Kier molecular flexibility index (Phi) is 7.26. The Balaban J connectivity index is 2.60. The fraction of sp³-hybridized carbons (Fsp3) is 0.600. The Morgan fingerprint density at radius 1 is 1.11 bits per heavy atom. The quantitative estimate of drug-likeness (QED) is 0.683. The zero-order valence-corrected chi connectivity index (χ0v) is 11.8. The summed E-state index contributed by atoms with van der Waals surface area (Å²) in [5, 5.41) is 3.31. The van der Waals surface area contributed by atoms with Crippen LogP contribution in [0.3, 0.4) is 0 Å². The van der Waals surface area contributed by atoms with E-state index in [4.69, 9.17) is 9.47 Å². The van der Waals surface area contributed by atoms with Gasteiger partial charge in [0.1, 0.15) is 0 Å². The first-order chi connectivity index (χ1) is 8.81. The zero-order valence-electron chi connectivity index (χ0n) is 11.8. The van der Waals surface area contributed by atoms with Gasteiger partial charge in [-0.15, -0.1) is 0 Å². The minimum absolute atomic E-state index is 0.759. The van der Waals surface area contributed by atoms with Crippen molar-refractivity contribution in [1.29, 1.82) is 0 Å². The first-order valence-corrected chi connectivity index (χ1v) is 6.82. The highest BCUT2D eigenvalue weighted by molar-refractivity contribution is 5.42. The molecule has 0 bridgehead atoms. The molecule has 0 heterocycles. The lowest BCUT2D eigenvalue weighted by atomic mass is 10.2. The summed E-state index contributed by atoms with van der Waals surface area (Å²) in [6.07, 6.45) is 3.51. The van der Waals surface area contributed by atoms with E-state index in [1.165, 1.54) is 18.4 Å². The summed E-state index contributed by atoms with van der Waals surface area (Å²) in [5.41, 5.74) is 1.23. The largest absolute Gasteiger partial charge is 0.493 e. The van der Waals surface area contributed by atoms with E-state index in [9.17, 15) is 0 Å². The molecule has 0 amide bonds. The first kappa shape index (κ1) is 14.8. The van der Waals surface area contributed by atoms with Gasteiger partial charge < -0.3 is 14.8 Å². The standard InChI is InChI=1S/C15H25NO2/c1-4-6-7-10-18-15-11-13(12-16-5-2)8-9-14(15)17-3/h8-9,11,16H,4-7,10,12H2,1-3H3. The molecule has 18 heavy (non-hydrogen) atoms. The van der Waals surface area contributed by atoms with Gasteiger partial charge in [-0.25, -0.2) is 0 Å². The lowest BCUT2D eigenvalue weighted by molar-refractivity contribution is 0.285. The van der Waals surface area contributed by atoms with Gasteiger partial charge in [0.2, 0.25) is 0 Å². The van der Waals surface area contributed by atoms with Gasteiger partial charge in [0.25, 0.3) is 0 Å². The highest BCUT2D eigenvalue weighted by Gasteiger charge is 2.05. The Morgan fingerprint density at radius 3 is 2.61 bits per heavy atom. The normalized spacial score (nSPS) is 10.4. The lowest BCUT2D eigenvalue weighted by Crippen LogP contribution is -2.11. The summed E-state index contributed by atoms with van der Waals surface area (Å²) in [6, 6.07) is 6.11. The molecule has 0 unspecified atom stereocenters. The van der Waals surface area contributed by atoms with Crippen molar-refractivity contribution in [2.75, 3.05) is 20.3 Å². The van der Waals surface area contributed by atoms with Crippen LogP contribution in [0.4, 0.5) is 0 Å². The SMILES string of the molecule is CCCCCOc1cc(CNCC)ccc1OC. The number of hydrogen-bond acceptors (Lipinski definition) is 3. The zero-order chi connectivity index (χ0) is 13.2. The monoisotopic (exact) mass is 251 g/mol. The van der Waals surface area contributed by atoms with E-state index >= 15 is 0 Å². The van der Waals surface area contributed by atoms with Gasteiger partial charge in [0, 0.05) is 6.54 Å². The maximum absolute atomic E-state index is 5.80. The van der Waals surface area contributed by atoms with Crippen LogP contribution in [0.25, 0.3) is 0 Å². The molecular weight excluding hydrogens is 226 g/mol. The highest BCUT2D eigenvalue weighted by Crippen LogP contribution is 2.28. The molecule has 0 aliphatic carbocycles. The number of hydrogen-bond donors (Lipinski definition) is 1. The Bertz CT molecular complexity index is 339. The maximum atomic E-state index is 5.80. The van der Waals surface area contributed by atoms with Gasteiger partial charge in [-0.2, -0.15) is 0 Å². The van der Waals surface area contributed by atoms with Crippen molar-refractivity contribution in [1.82, 2.24) is 5.32 Å². The topological polar surface area (TPSA) is 30.5 Å². The molecule has 0 radical (unpaired) electrons. The third kappa shape index (κ3) is 4.96. The van der Waals surface area contributed by atoms with Crippen LogP contribution in [0.1, 0.15) is 38.7 Å². The molecular formula is C15H25NO2. The minimum atomic E-state index is 0.759. The lowest BCUT2D eigenvalue weighted by Gasteiger charge is -2.12. The number of methoxy groups -OCH3 is 1. The fourth-order valence-corrected chi connectivity index (χ4v) is 1.75. The predicted molar refractivity (Wildman–Crippen MR) is 75.4 cm³/mol. The molecule has 0 atom stereocenters. The molecule has 0 aliphatic heterocycles. The summed E-state index contributed by atoms with van der Waals surface area (Å²) in [4.78, 5) is 0. The van der Waals surface area contributed by atoms with Crippen molar-refractivity contribution in [3.05, 3.63) is 23.8 Å². The van der Waals surface area contributed by atoms with Crippen LogP contribution in [-0.4, -0.2) is 20.3 Å². The van der Waals surface area contributed by atoms with Gasteiger partial charge >= 0.3 is 0 Å². The van der Waals surface area contributed by atoms with Gasteiger partial charge in [0.05, 0.1) is 13.7 Å². The molecule has 102 valence electrons. The van der Waals surface area contributed by atoms with Crippen molar-refractivity contribution in [3.63, 3.8) is 0 Å². The molecule has 3 heteroatoms. The van der Waals surface area contributed by atoms with Gasteiger partial charge in [-0.05, 0) is 30.7 Å². The van der Waals surface area contributed by atoms with Crippen LogP contribution in [0.2, 0.25) is 0 Å². The smallest absolute Gasteiger partial charge is 0.161 e. The second-order valence-corrected chi connectivity index (χ2v) is 4.32.